The first-order valence-corrected chi connectivity index (χ1v) is 7.20. The van der Waals surface area contributed by atoms with E-state index in [2.05, 4.69) is 15.5 Å². The Kier molecular flexibility index (Phi) is 8.37. The van der Waals surface area contributed by atoms with E-state index in [1.165, 1.54) is 0 Å². The lowest BCUT2D eigenvalue weighted by atomic mass is 10.2. The van der Waals surface area contributed by atoms with Crippen LogP contribution in [0.25, 0.3) is 0 Å². The predicted octanol–water partition coefficient (Wildman–Crippen LogP) is 2.52. The van der Waals surface area contributed by atoms with Crippen molar-refractivity contribution in [2.24, 2.45) is 4.99 Å². The molecule has 0 aliphatic carbocycles. The summed E-state index contributed by atoms with van der Waals surface area (Å²) < 4.78 is 15.5. The Bertz CT molecular complexity index is 647. The van der Waals surface area contributed by atoms with Gasteiger partial charge in [-0.3, -0.25) is 4.99 Å². The first-order valence-electron chi connectivity index (χ1n) is 7.20. The molecule has 24 heavy (non-hydrogen) atoms. The van der Waals surface area contributed by atoms with Crippen molar-refractivity contribution in [1.82, 2.24) is 15.4 Å². The van der Waals surface area contributed by atoms with Crippen molar-refractivity contribution in [3.8, 4) is 11.5 Å². The van der Waals surface area contributed by atoms with Crippen LogP contribution in [0.15, 0.2) is 40.0 Å². The summed E-state index contributed by atoms with van der Waals surface area (Å²) in [4.78, 5) is 6.28. The van der Waals surface area contributed by atoms with Gasteiger partial charge in [0, 0.05) is 38.3 Å². The van der Waals surface area contributed by atoms with Gasteiger partial charge in [0.15, 0.2) is 5.96 Å². The average Bonchev–Trinajstić information content (AvgIpc) is 3.09. The zero-order valence-electron chi connectivity index (χ0n) is 14.3. The third-order valence-electron chi connectivity index (χ3n) is 3.39. The highest BCUT2D eigenvalue weighted by atomic mass is 127. The maximum atomic E-state index is 5.43. The number of aromatic nitrogens is 1. The fourth-order valence-corrected chi connectivity index (χ4v) is 2.20. The number of halogens is 1. The molecule has 1 aromatic carbocycles. The van der Waals surface area contributed by atoms with Crippen molar-refractivity contribution in [3.05, 3.63) is 41.8 Å². The quantitative estimate of drug-likeness (QED) is 0.418. The number of methoxy groups -OCH3 is 2. The van der Waals surface area contributed by atoms with Gasteiger partial charge in [-0.05, 0) is 12.1 Å². The summed E-state index contributed by atoms with van der Waals surface area (Å²) in [5.41, 5.74) is 1.86. The topological polar surface area (TPSA) is 72.1 Å². The highest BCUT2D eigenvalue weighted by Gasteiger charge is 2.11. The second-order valence-electron chi connectivity index (χ2n) is 4.93. The van der Waals surface area contributed by atoms with Crippen molar-refractivity contribution < 1.29 is 14.0 Å². The van der Waals surface area contributed by atoms with Gasteiger partial charge in [-0.1, -0.05) is 5.16 Å². The molecule has 0 saturated carbocycles. The molecule has 7 nitrogen and oxygen atoms in total. The zero-order valence-corrected chi connectivity index (χ0v) is 16.6. The fourth-order valence-electron chi connectivity index (χ4n) is 2.20. The molecule has 0 saturated heterocycles. The summed E-state index contributed by atoms with van der Waals surface area (Å²) in [5.74, 6) is 2.30. The van der Waals surface area contributed by atoms with Crippen LogP contribution in [0.4, 0.5) is 0 Å². The molecule has 0 aliphatic heterocycles. The number of hydrogen-bond acceptors (Lipinski definition) is 5. The zero-order chi connectivity index (χ0) is 16.7. The van der Waals surface area contributed by atoms with Crippen LogP contribution < -0.4 is 14.8 Å². The standard InChI is InChI=1S/C16H22N4O3.HI/c1-17-16(18-10-13-7-8-23-19-13)20(2)11-12-5-6-14(21-3)9-15(12)22-4;/h5-9H,10-11H2,1-4H3,(H,17,18);1H. The minimum absolute atomic E-state index is 0. The Morgan fingerprint density at radius 1 is 1.29 bits per heavy atom. The second kappa shape index (κ2) is 10.0. The smallest absolute Gasteiger partial charge is 0.194 e. The molecule has 0 radical (unpaired) electrons. The fraction of sp³-hybridized carbons (Fsp3) is 0.375. The molecule has 0 unspecified atom stereocenters. The largest absolute Gasteiger partial charge is 0.497 e. The Labute approximate surface area is 159 Å². The van der Waals surface area contributed by atoms with E-state index < -0.39 is 0 Å². The van der Waals surface area contributed by atoms with E-state index in [0.717, 1.165) is 28.7 Å². The van der Waals surface area contributed by atoms with E-state index in [-0.39, 0.29) is 24.0 Å². The van der Waals surface area contributed by atoms with Gasteiger partial charge >= 0.3 is 0 Å². The summed E-state index contributed by atoms with van der Waals surface area (Å²) in [6.07, 6.45) is 1.55. The van der Waals surface area contributed by atoms with Crippen molar-refractivity contribution in [1.29, 1.82) is 0 Å². The molecule has 132 valence electrons. The van der Waals surface area contributed by atoms with Crippen LogP contribution >= 0.6 is 24.0 Å². The highest BCUT2D eigenvalue weighted by molar-refractivity contribution is 14.0. The van der Waals surface area contributed by atoms with Gasteiger partial charge in [0.2, 0.25) is 0 Å². The summed E-state index contributed by atoms with van der Waals surface area (Å²) in [6, 6.07) is 7.58. The lowest BCUT2D eigenvalue weighted by molar-refractivity contribution is 0.382. The first kappa shape index (κ1) is 20.1. The highest BCUT2D eigenvalue weighted by Crippen LogP contribution is 2.25. The molecule has 1 aromatic heterocycles. The van der Waals surface area contributed by atoms with E-state index in [0.29, 0.717) is 13.1 Å². The van der Waals surface area contributed by atoms with E-state index in [1.807, 2.05) is 36.2 Å². The number of aliphatic imine (C=N–C) groups is 1. The molecule has 0 spiro atoms. The van der Waals surface area contributed by atoms with E-state index in [1.54, 1.807) is 27.5 Å². The Morgan fingerprint density at radius 2 is 2.08 bits per heavy atom. The first-order chi connectivity index (χ1) is 11.2. The van der Waals surface area contributed by atoms with Crippen LogP contribution in [-0.2, 0) is 13.1 Å². The van der Waals surface area contributed by atoms with Crippen molar-refractivity contribution in [2.75, 3.05) is 28.3 Å². The number of hydrogen-bond donors (Lipinski definition) is 1. The van der Waals surface area contributed by atoms with Gasteiger partial charge < -0.3 is 24.2 Å². The normalized spacial score (nSPS) is 10.8. The summed E-state index contributed by atoms with van der Waals surface area (Å²) >= 11 is 0. The van der Waals surface area contributed by atoms with Crippen LogP contribution in [0, 0.1) is 0 Å². The van der Waals surface area contributed by atoms with Crippen molar-refractivity contribution in [3.63, 3.8) is 0 Å². The van der Waals surface area contributed by atoms with Crippen LogP contribution in [0.2, 0.25) is 0 Å². The van der Waals surface area contributed by atoms with Crippen molar-refractivity contribution >= 4 is 29.9 Å². The summed E-state index contributed by atoms with van der Waals surface area (Å²) in [5, 5.41) is 7.11. The van der Waals surface area contributed by atoms with Gasteiger partial charge in [0.1, 0.15) is 23.5 Å². The number of ether oxygens (including phenoxy) is 2. The molecule has 2 aromatic rings. The van der Waals surface area contributed by atoms with Gasteiger partial charge in [-0.15, -0.1) is 24.0 Å². The Morgan fingerprint density at radius 3 is 2.67 bits per heavy atom. The second-order valence-corrected chi connectivity index (χ2v) is 4.93. The van der Waals surface area contributed by atoms with E-state index in [4.69, 9.17) is 14.0 Å². The van der Waals surface area contributed by atoms with E-state index >= 15 is 0 Å². The number of guanidine groups is 1. The van der Waals surface area contributed by atoms with Crippen LogP contribution in [0.3, 0.4) is 0 Å². The molecule has 0 amide bonds. The number of rotatable bonds is 6. The Balaban J connectivity index is 0.00000288. The maximum absolute atomic E-state index is 5.43. The van der Waals surface area contributed by atoms with Crippen LogP contribution in [-0.4, -0.2) is 44.3 Å². The minimum Gasteiger partial charge on any atom is -0.497 e. The third-order valence-corrected chi connectivity index (χ3v) is 3.39. The minimum atomic E-state index is 0. The number of benzene rings is 1. The van der Waals surface area contributed by atoms with Crippen molar-refractivity contribution in [2.45, 2.75) is 13.1 Å². The predicted molar refractivity (Wildman–Crippen MR) is 103 cm³/mol. The van der Waals surface area contributed by atoms with Gasteiger partial charge in [0.05, 0.1) is 20.8 Å². The molecule has 1 heterocycles. The summed E-state index contributed by atoms with van der Waals surface area (Å²) in [6.45, 7) is 1.19. The van der Waals surface area contributed by atoms with Crippen LogP contribution in [0.1, 0.15) is 11.3 Å². The third kappa shape index (κ3) is 5.29. The molecular formula is C16H23IN4O3. The SMILES string of the molecule is CN=C(NCc1ccon1)N(C)Cc1ccc(OC)cc1OC.I. The number of nitrogens with one attached hydrogen (secondary N) is 1. The lowest BCUT2D eigenvalue weighted by Crippen LogP contribution is -2.38. The Hall–Kier alpha value is -1.97. The molecule has 0 atom stereocenters. The molecule has 1 N–H and O–H groups in total. The molecule has 8 heteroatoms. The van der Waals surface area contributed by atoms with Gasteiger partial charge in [-0.2, -0.15) is 0 Å². The lowest BCUT2D eigenvalue weighted by Gasteiger charge is -2.23. The monoisotopic (exact) mass is 446 g/mol. The van der Waals surface area contributed by atoms with Crippen LogP contribution in [0.5, 0.6) is 11.5 Å². The maximum Gasteiger partial charge on any atom is 0.194 e. The molecular weight excluding hydrogens is 423 g/mol. The van der Waals surface area contributed by atoms with E-state index in [9.17, 15) is 0 Å². The average molecular weight is 446 g/mol. The number of nitrogens with zero attached hydrogens (tertiary/aromatic N) is 3. The van der Waals surface area contributed by atoms with Gasteiger partial charge in [-0.25, -0.2) is 0 Å². The molecule has 0 fully saturated rings. The van der Waals surface area contributed by atoms with Gasteiger partial charge in [0.25, 0.3) is 0 Å². The molecule has 2 rings (SSSR count). The summed E-state index contributed by atoms with van der Waals surface area (Å²) in [7, 11) is 6.99. The molecule has 0 aliphatic rings. The molecule has 0 bridgehead atoms.